The minimum Gasteiger partial charge on any atom is -0.508 e. The fourth-order valence-corrected chi connectivity index (χ4v) is 10.0. The van der Waals surface area contributed by atoms with Crippen LogP contribution in [0.15, 0.2) is 109 Å². The Kier molecular flexibility index (Phi) is 16.4. The van der Waals surface area contributed by atoms with Gasteiger partial charge in [0.1, 0.15) is 46.0 Å². The van der Waals surface area contributed by atoms with Gasteiger partial charge in [-0.2, -0.15) is 0 Å². The van der Waals surface area contributed by atoms with Crippen molar-refractivity contribution in [3.8, 4) is 46.0 Å². The Labute approximate surface area is 458 Å². The molecule has 0 saturated carbocycles. The van der Waals surface area contributed by atoms with Crippen molar-refractivity contribution in [1.82, 2.24) is 10.6 Å². The van der Waals surface area contributed by atoms with Gasteiger partial charge < -0.3 is 89.1 Å². The maximum absolute atomic E-state index is 13.4. The highest BCUT2D eigenvalue weighted by Crippen LogP contribution is 2.59. The van der Waals surface area contributed by atoms with Crippen molar-refractivity contribution in [1.29, 1.82) is 0 Å². The molecule has 0 radical (unpaired) electrons. The molecule has 0 fully saturated rings. The van der Waals surface area contributed by atoms with E-state index in [1.54, 1.807) is 60.7 Å². The van der Waals surface area contributed by atoms with Crippen LogP contribution in [0.4, 0.5) is 11.4 Å². The number of phenolic OH excluding ortho intramolecular Hbond substituents is 4. The molecule has 6 aromatic carbocycles. The predicted octanol–water partition coefficient (Wildman–Crippen LogP) is 7.02. The van der Waals surface area contributed by atoms with Crippen molar-refractivity contribution < 1.29 is 77.4 Å². The van der Waals surface area contributed by atoms with Crippen LogP contribution in [0.5, 0.6) is 46.0 Å². The summed E-state index contributed by atoms with van der Waals surface area (Å²) in [5.74, 6) is 0.0326. The van der Waals surface area contributed by atoms with E-state index in [-0.39, 0.29) is 23.0 Å². The highest BCUT2D eigenvalue weighted by Gasteiger charge is 2.55. The zero-order chi connectivity index (χ0) is 54.2. The van der Waals surface area contributed by atoms with Gasteiger partial charge in [0.2, 0.25) is 0 Å². The number of benzene rings is 6. The van der Waals surface area contributed by atoms with E-state index in [2.05, 4.69) is 21.3 Å². The number of anilines is 2. The fraction of sp³-hybridized carbons (Fsp3) is 0.286. The van der Waals surface area contributed by atoms with Crippen LogP contribution in [-0.2, 0) is 49.1 Å². The summed E-state index contributed by atoms with van der Waals surface area (Å²) >= 11 is 11.0. The molecule has 0 unspecified atom stereocenters. The number of thiocarbonyl (C=S) groups is 2. The van der Waals surface area contributed by atoms with Crippen LogP contribution in [0.2, 0.25) is 0 Å². The molecule has 0 bridgehead atoms. The van der Waals surface area contributed by atoms with Crippen molar-refractivity contribution in [3.63, 3.8) is 0 Å². The first kappa shape index (κ1) is 53.6. The van der Waals surface area contributed by atoms with Crippen LogP contribution in [-0.4, -0.2) is 135 Å². The van der Waals surface area contributed by atoms with Crippen molar-refractivity contribution in [3.05, 3.63) is 154 Å². The van der Waals surface area contributed by atoms with Crippen molar-refractivity contribution in [2.75, 3.05) is 103 Å². The topological polar surface area (TPSA) is 255 Å². The smallest absolute Gasteiger partial charge is 0.340 e. The van der Waals surface area contributed by atoms with Crippen molar-refractivity contribution in [2.45, 2.75) is 11.2 Å². The minimum absolute atomic E-state index is 0.0210. The van der Waals surface area contributed by atoms with E-state index in [0.717, 1.165) is 0 Å². The highest BCUT2D eigenvalue weighted by molar-refractivity contribution is 7.80. The molecular formula is C56H54N4O16S2. The van der Waals surface area contributed by atoms with Gasteiger partial charge in [-0.1, -0.05) is 12.1 Å². The van der Waals surface area contributed by atoms with Crippen LogP contribution >= 0.6 is 24.4 Å². The van der Waals surface area contributed by atoms with Crippen LogP contribution in [0.1, 0.15) is 54.1 Å². The van der Waals surface area contributed by atoms with Gasteiger partial charge in [0, 0.05) is 82.1 Å². The number of phenols is 4. The maximum atomic E-state index is 13.4. The standard InChI is InChI=1S/C56H54N4O16S2/c61-35-3-9-43-47(29-35)73-48-30-36(62)4-10-44(48)55(43)41-7-1-33(27-39(41)51(65)75-55)59-53(77)57-13-15-67-17-19-69-21-23-71-25-26-72-24-22-70-20-18-68-16-14-58-54(78)60-34-2-8-42-40(28-34)52(66)76-56(42)45-11-5-37(63)31-49(45)74-50-32-38(64)6-12-46(50)56/h1-12,27-32,61-64H,13-26H2,(H2,57,59,77)(H2,58,60,78). The molecule has 78 heavy (non-hydrogen) atoms. The van der Waals surface area contributed by atoms with Gasteiger partial charge in [0.15, 0.2) is 21.4 Å². The molecule has 0 amide bonds. The van der Waals surface area contributed by atoms with E-state index in [4.69, 9.17) is 71.8 Å². The molecule has 4 aliphatic rings. The van der Waals surface area contributed by atoms with Gasteiger partial charge >= 0.3 is 11.9 Å². The second-order valence-electron chi connectivity index (χ2n) is 18.0. The highest BCUT2D eigenvalue weighted by atomic mass is 32.1. The first-order valence-corrected chi connectivity index (χ1v) is 25.8. The number of hydrogen-bond donors (Lipinski definition) is 8. The fourth-order valence-electron chi connectivity index (χ4n) is 9.59. The zero-order valence-electron chi connectivity index (χ0n) is 41.8. The summed E-state index contributed by atoms with van der Waals surface area (Å²) in [6, 6.07) is 28.9. The third kappa shape index (κ3) is 11.3. The Morgan fingerprint density at radius 2 is 0.679 bits per heavy atom. The second kappa shape index (κ2) is 23.8. The summed E-state index contributed by atoms with van der Waals surface area (Å²) in [4.78, 5) is 26.8. The molecule has 8 N–H and O–H groups in total. The minimum atomic E-state index is -1.35. The second-order valence-corrected chi connectivity index (χ2v) is 18.8. The number of esters is 2. The van der Waals surface area contributed by atoms with E-state index in [1.807, 2.05) is 0 Å². The van der Waals surface area contributed by atoms with Gasteiger partial charge in [0.25, 0.3) is 0 Å². The van der Waals surface area contributed by atoms with E-state index < -0.39 is 23.1 Å². The Morgan fingerprint density at radius 3 is 0.987 bits per heavy atom. The van der Waals surface area contributed by atoms with Crippen molar-refractivity contribution >= 4 is 58.0 Å². The zero-order valence-corrected chi connectivity index (χ0v) is 43.4. The Balaban J connectivity index is 0.527. The molecule has 22 heteroatoms. The van der Waals surface area contributed by atoms with Gasteiger partial charge in [-0.25, -0.2) is 9.59 Å². The van der Waals surface area contributed by atoms with Crippen LogP contribution < -0.4 is 30.7 Å². The van der Waals surface area contributed by atoms with Gasteiger partial charge in [-0.15, -0.1) is 0 Å². The largest absolute Gasteiger partial charge is 0.508 e. The predicted molar refractivity (Wildman–Crippen MR) is 289 cm³/mol. The molecule has 6 aromatic rings. The molecule has 406 valence electrons. The van der Waals surface area contributed by atoms with E-state index in [9.17, 15) is 30.0 Å². The maximum Gasteiger partial charge on any atom is 0.340 e. The number of ether oxygens (including phenoxy) is 10. The number of nitrogens with one attached hydrogen (secondary N) is 4. The number of carbonyl (C=O) groups excluding carboxylic acids is 2. The number of fused-ring (bicyclic) bond motifs is 12. The first-order chi connectivity index (χ1) is 37.9. The SMILES string of the molecule is O=C1OC2(c3ccc(O)cc3Oc3cc(O)ccc32)c2ccc(NC(=S)NCCOCCOCCOCCOCCOCCOCCNC(=S)Nc3ccc4c(c3)C(=O)OC43c4ccc(O)cc4Oc4cc(O)ccc43)cc21. The number of carbonyl (C=O) groups is 2. The van der Waals surface area contributed by atoms with Gasteiger partial charge in [-0.05, 0) is 97.2 Å². The Morgan fingerprint density at radius 1 is 0.397 bits per heavy atom. The van der Waals surface area contributed by atoms with Crippen LogP contribution in [0, 0.1) is 0 Å². The third-order valence-corrected chi connectivity index (χ3v) is 13.5. The van der Waals surface area contributed by atoms with E-state index in [1.165, 1.54) is 48.5 Å². The summed E-state index contributed by atoms with van der Waals surface area (Å²) in [6.07, 6.45) is 0. The lowest BCUT2D eigenvalue weighted by Crippen LogP contribution is -2.33. The molecular weight excluding hydrogens is 1050 g/mol. The Bertz CT molecular complexity index is 2930. The molecule has 4 aliphatic heterocycles. The molecule has 2 spiro atoms. The molecule has 0 aromatic heterocycles. The summed E-state index contributed by atoms with van der Waals surface area (Å²) in [5, 5.41) is 53.7. The first-order valence-electron chi connectivity index (χ1n) is 24.9. The molecule has 0 saturated heterocycles. The summed E-state index contributed by atoms with van der Waals surface area (Å²) in [6.45, 7) is 5.66. The van der Waals surface area contributed by atoms with Gasteiger partial charge in [-0.3, -0.25) is 0 Å². The lowest BCUT2D eigenvalue weighted by molar-refractivity contribution is -0.0162. The summed E-state index contributed by atoms with van der Waals surface area (Å²) in [5.41, 5.74) is 2.44. The van der Waals surface area contributed by atoms with Crippen LogP contribution in [0.25, 0.3) is 0 Å². The summed E-state index contributed by atoms with van der Waals surface area (Å²) in [7, 11) is 0. The molecule has 10 rings (SSSR count). The molecule has 0 aliphatic carbocycles. The number of aromatic hydroxyl groups is 4. The normalized spacial score (nSPS) is 14.4. The quantitative estimate of drug-likeness (QED) is 0.0182. The molecule has 20 nitrogen and oxygen atoms in total. The van der Waals surface area contributed by atoms with E-state index >= 15 is 0 Å². The average molecular weight is 1100 g/mol. The van der Waals surface area contributed by atoms with Gasteiger partial charge in [0.05, 0.1) is 90.4 Å². The molecule has 0 atom stereocenters. The van der Waals surface area contributed by atoms with Crippen LogP contribution in [0.3, 0.4) is 0 Å². The monoisotopic (exact) mass is 1100 g/mol. The lowest BCUT2D eigenvalue weighted by atomic mass is 9.77. The van der Waals surface area contributed by atoms with E-state index in [0.29, 0.717) is 181 Å². The number of hydrogen-bond acceptors (Lipinski definition) is 18. The summed E-state index contributed by atoms with van der Waals surface area (Å²) < 4.78 is 57.9. The van der Waals surface area contributed by atoms with Crippen molar-refractivity contribution in [2.24, 2.45) is 0 Å². The third-order valence-electron chi connectivity index (χ3n) is 13.0. The molecule has 4 heterocycles. The lowest BCUT2D eigenvalue weighted by Gasteiger charge is -2.36. The number of rotatable bonds is 23. The Hall–Kier alpha value is -7.80. The average Bonchev–Trinajstić information content (AvgIpc) is 4.02.